The second kappa shape index (κ2) is 11.6. The van der Waals surface area contributed by atoms with E-state index in [0.29, 0.717) is 6.61 Å². The van der Waals surface area contributed by atoms with Crippen molar-refractivity contribution < 1.29 is 33.7 Å². The lowest BCUT2D eigenvalue weighted by atomic mass is 10.2. The lowest BCUT2D eigenvalue weighted by Gasteiger charge is -2.24. The summed E-state index contributed by atoms with van der Waals surface area (Å²) in [5, 5.41) is 13.9. The molecule has 0 heterocycles. The van der Waals surface area contributed by atoms with Gasteiger partial charge in [-0.05, 0) is 27.2 Å². The largest absolute Gasteiger partial charge is 0.467 e. The normalized spacial score (nSPS) is 13.5. The van der Waals surface area contributed by atoms with Gasteiger partial charge in [0.15, 0.2) is 6.04 Å². The monoisotopic (exact) mass is 362 g/mol. The number of aliphatic hydroxyl groups is 1. The molecule has 0 aliphatic heterocycles. The van der Waals surface area contributed by atoms with Crippen molar-refractivity contribution in [2.75, 3.05) is 26.9 Å². The quantitative estimate of drug-likeness (QED) is 0.378. The molecule has 0 bridgehead atoms. The average molecular weight is 362 g/mol. The fourth-order valence-corrected chi connectivity index (χ4v) is 1.67. The van der Waals surface area contributed by atoms with Crippen LogP contribution in [0.25, 0.3) is 0 Å². The highest BCUT2D eigenvalue weighted by atomic mass is 16.6. The van der Waals surface area contributed by atoms with Crippen molar-refractivity contribution >= 4 is 18.0 Å². The van der Waals surface area contributed by atoms with Gasteiger partial charge in [-0.25, -0.2) is 9.59 Å². The third kappa shape index (κ3) is 10.6. The van der Waals surface area contributed by atoms with E-state index in [4.69, 9.17) is 9.47 Å². The topological polar surface area (TPSA) is 123 Å². The Kier molecular flexibility index (Phi) is 10.8. The predicted octanol–water partition coefficient (Wildman–Crippen LogP) is 0.347. The molecule has 0 aromatic heterocycles. The van der Waals surface area contributed by atoms with Gasteiger partial charge in [-0.3, -0.25) is 4.79 Å². The molecule has 9 heteroatoms. The minimum atomic E-state index is -1.23. The van der Waals surface area contributed by atoms with Gasteiger partial charge < -0.3 is 30.0 Å². The number of amides is 2. The molecule has 0 spiro atoms. The molecule has 0 saturated carbocycles. The Morgan fingerprint density at radius 1 is 1.12 bits per heavy atom. The lowest BCUT2D eigenvalue weighted by molar-refractivity contribution is -0.146. The number of ether oxygens (including phenoxy) is 3. The van der Waals surface area contributed by atoms with Crippen LogP contribution in [0.4, 0.5) is 4.79 Å². The molecular weight excluding hydrogens is 332 g/mol. The van der Waals surface area contributed by atoms with Gasteiger partial charge in [-0.15, -0.1) is 0 Å². The minimum Gasteiger partial charge on any atom is -0.467 e. The summed E-state index contributed by atoms with van der Waals surface area (Å²) >= 11 is 0. The van der Waals surface area contributed by atoms with Gasteiger partial charge in [-0.2, -0.15) is 0 Å². The molecule has 0 aliphatic rings. The van der Waals surface area contributed by atoms with E-state index in [-0.39, 0.29) is 6.61 Å². The molecule has 2 amide bonds. The van der Waals surface area contributed by atoms with E-state index in [1.807, 2.05) is 6.92 Å². The number of hydrogen-bond donors (Lipinski definition) is 3. The van der Waals surface area contributed by atoms with Crippen LogP contribution >= 0.6 is 0 Å². The molecule has 2 unspecified atom stereocenters. The highest BCUT2D eigenvalue weighted by Gasteiger charge is 2.28. The first-order valence-electron chi connectivity index (χ1n) is 8.20. The number of aliphatic hydroxyl groups excluding tert-OH is 1. The number of alkyl carbamates (subject to hydrolysis) is 1. The fraction of sp³-hybridized carbons (Fsp3) is 0.812. The summed E-state index contributed by atoms with van der Waals surface area (Å²) in [6, 6.07) is -2.30. The van der Waals surface area contributed by atoms with Crippen molar-refractivity contribution in [1.82, 2.24) is 10.6 Å². The van der Waals surface area contributed by atoms with Crippen LogP contribution in [0, 0.1) is 0 Å². The Morgan fingerprint density at radius 3 is 2.24 bits per heavy atom. The number of esters is 1. The zero-order valence-corrected chi connectivity index (χ0v) is 15.6. The van der Waals surface area contributed by atoms with Gasteiger partial charge in [0.1, 0.15) is 11.6 Å². The van der Waals surface area contributed by atoms with Gasteiger partial charge in [-0.1, -0.05) is 13.3 Å². The number of rotatable bonds is 10. The summed E-state index contributed by atoms with van der Waals surface area (Å²) in [7, 11) is 1.14. The van der Waals surface area contributed by atoms with Gasteiger partial charge in [0.25, 0.3) is 0 Å². The van der Waals surface area contributed by atoms with Gasteiger partial charge in [0, 0.05) is 6.61 Å². The molecule has 0 saturated heterocycles. The maximum Gasteiger partial charge on any atom is 0.408 e. The molecule has 0 aromatic carbocycles. The Balaban J connectivity index is 4.87. The lowest BCUT2D eigenvalue weighted by Crippen LogP contribution is -2.55. The minimum absolute atomic E-state index is 0.0929. The predicted molar refractivity (Wildman–Crippen MR) is 89.9 cm³/mol. The summed E-state index contributed by atoms with van der Waals surface area (Å²) < 4.78 is 15.0. The van der Waals surface area contributed by atoms with Gasteiger partial charge in [0.2, 0.25) is 5.91 Å². The van der Waals surface area contributed by atoms with Crippen LogP contribution in [0.1, 0.15) is 40.5 Å². The number of hydrogen-bond acceptors (Lipinski definition) is 7. The first kappa shape index (κ1) is 23.1. The molecule has 9 nitrogen and oxygen atoms in total. The highest BCUT2D eigenvalue weighted by Crippen LogP contribution is 2.07. The summed E-state index contributed by atoms with van der Waals surface area (Å²) in [4.78, 5) is 35.7. The maximum absolute atomic E-state index is 12.3. The van der Waals surface area contributed by atoms with E-state index in [2.05, 4.69) is 15.4 Å². The van der Waals surface area contributed by atoms with E-state index >= 15 is 0 Å². The highest BCUT2D eigenvalue weighted by molar-refractivity contribution is 5.89. The fourth-order valence-electron chi connectivity index (χ4n) is 1.67. The second-order valence-electron chi connectivity index (χ2n) is 6.39. The molecule has 0 radical (unpaired) electrons. The molecule has 146 valence electrons. The van der Waals surface area contributed by atoms with Crippen LogP contribution in [0.3, 0.4) is 0 Å². The summed E-state index contributed by atoms with van der Waals surface area (Å²) in [6.07, 6.45) is 0.943. The molecular formula is C16H30N2O7. The van der Waals surface area contributed by atoms with Crippen LogP contribution in [0.2, 0.25) is 0 Å². The van der Waals surface area contributed by atoms with E-state index in [9.17, 15) is 19.5 Å². The first-order chi connectivity index (χ1) is 11.6. The Morgan fingerprint density at radius 2 is 1.76 bits per heavy atom. The maximum atomic E-state index is 12.3. The average Bonchev–Trinajstić information content (AvgIpc) is 2.52. The van der Waals surface area contributed by atoms with E-state index in [0.717, 1.165) is 20.0 Å². The third-order valence-electron chi connectivity index (χ3n) is 2.92. The first-order valence-corrected chi connectivity index (χ1v) is 8.20. The number of carbonyl (C=O) groups is 3. The number of methoxy groups -OCH3 is 1. The van der Waals surface area contributed by atoms with Crippen LogP contribution in [-0.4, -0.2) is 67.7 Å². The van der Waals surface area contributed by atoms with Crippen molar-refractivity contribution in [3.05, 3.63) is 0 Å². The SMILES string of the molecule is CCCCOCC(NC(=O)OC(C)(C)C)C(=O)NC(CO)C(=O)OC. The van der Waals surface area contributed by atoms with E-state index in [1.165, 1.54) is 0 Å². The zero-order chi connectivity index (χ0) is 19.5. The number of nitrogens with one attached hydrogen (secondary N) is 2. The van der Waals surface area contributed by atoms with Crippen LogP contribution in [-0.2, 0) is 23.8 Å². The Hall–Kier alpha value is -1.87. The Labute approximate surface area is 148 Å². The standard InChI is InChI=1S/C16H30N2O7/c1-6-7-8-24-10-12(18-15(22)25-16(2,3)4)13(20)17-11(9-19)14(21)23-5/h11-12,19H,6-10H2,1-5H3,(H,17,20)(H,18,22). The molecule has 0 aliphatic carbocycles. The van der Waals surface area contributed by atoms with Crippen molar-refractivity contribution in [1.29, 1.82) is 0 Å². The van der Waals surface area contributed by atoms with Gasteiger partial charge in [0.05, 0.1) is 20.3 Å². The summed E-state index contributed by atoms with van der Waals surface area (Å²) in [5.74, 6) is -1.48. The summed E-state index contributed by atoms with van der Waals surface area (Å²) in [5.41, 5.74) is -0.728. The molecule has 0 aromatic rings. The molecule has 3 N–H and O–H groups in total. The molecule has 25 heavy (non-hydrogen) atoms. The summed E-state index contributed by atoms with van der Waals surface area (Å²) in [6.45, 7) is 6.78. The second-order valence-corrected chi connectivity index (χ2v) is 6.39. The van der Waals surface area contributed by atoms with E-state index in [1.54, 1.807) is 20.8 Å². The number of unbranched alkanes of at least 4 members (excludes halogenated alkanes) is 1. The molecule has 0 fully saturated rings. The van der Waals surface area contributed by atoms with Crippen molar-refractivity contribution in [3.63, 3.8) is 0 Å². The third-order valence-corrected chi connectivity index (χ3v) is 2.92. The van der Waals surface area contributed by atoms with Crippen LogP contribution in [0.15, 0.2) is 0 Å². The molecule has 2 atom stereocenters. The van der Waals surface area contributed by atoms with Gasteiger partial charge >= 0.3 is 12.1 Å². The molecule has 0 rings (SSSR count). The van der Waals surface area contributed by atoms with Crippen molar-refractivity contribution in [3.8, 4) is 0 Å². The Bertz CT molecular complexity index is 435. The van der Waals surface area contributed by atoms with Crippen molar-refractivity contribution in [2.24, 2.45) is 0 Å². The smallest absolute Gasteiger partial charge is 0.408 e. The van der Waals surface area contributed by atoms with E-state index < -0.39 is 42.3 Å². The van der Waals surface area contributed by atoms with Crippen LogP contribution in [0.5, 0.6) is 0 Å². The van der Waals surface area contributed by atoms with Crippen LogP contribution < -0.4 is 10.6 Å². The zero-order valence-electron chi connectivity index (χ0n) is 15.6. The van der Waals surface area contributed by atoms with Crippen molar-refractivity contribution in [2.45, 2.75) is 58.2 Å². The number of carbonyl (C=O) groups excluding carboxylic acids is 3.